The topological polar surface area (TPSA) is 51.2 Å². The maximum Gasteiger partial charge on any atom is 0.357 e. The lowest BCUT2D eigenvalue weighted by atomic mass is 10.1. The van der Waals surface area contributed by atoms with Crippen LogP contribution in [0.15, 0.2) is 35.7 Å². The van der Waals surface area contributed by atoms with Gasteiger partial charge in [0.15, 0.2) is 10.8 Å². The predicted octanol–water partition coefficient (Wildman–Crippen LogP) is 3.88. The van der Waals surface area contributed by atoms with E-state index in [9.17, 15) is 4.79 Å². The highest BCUT2D eigenvalue weighted by Gasteiger charge is 2.14. The van der Waals surface area contributed by atoms with E-state index in [1.54, 1.807) is 12.3 Å². The molecule has 1 atom stereocenters. The smallest absolute Gasteiger partial charge is 0.357 e. The predicted molar refractivity (Wildman–Crippen MR) is 81.2 cm³/mol. The maximum atomic E-state index is 11.6. The summed E-state index contributed by atoms with van der Waals surface area (Å²) in [6.07, 6.45) is 0.943. The van der Waals surface area contributed by atoms with Gasteiger partial charge in [-0.05, 0) is 18.9 Å². The van der Waals surface area contributed by atoms with Gasteiger partial charge in [0.2, 0.25) is 0 Å². The van der Waals surface area contributed by atoms with Crippen molar-refractivity contribution < 1.29 is 9.53 Å². The molecule has 1 unspecified atom stereocenters. The van der Waals surface area contributed by atoms with Crippen molar-refractivity contribution in [3.8, 4) is 0 Å². The second-order valence-electron chi connectivity index (χ2n) is 4.27. The third-order valence-electron chi connectivity index (χ3n) is 2.90. The number of carbonyl (C=O) groups is 1. The molecule has 0 amide bonds. The van der Waals surface area contributed by atoms with Crippen molar-refractivity contribution in [2.75, 3.05) is 11.9 Å². The Morgan fingerprint density at radius 3 is 2.75 bits per heavy atom. The first kappa shape index (κ1) is 14.5. The van der Waals surface area contributed by atoms with Gasteiger partial charge >= 0.3 is 5.97 Å². The zero-order valence-corrected chi connectivity index (χ0v) is 12.4. The summed E-state index contributed by atoms with van der Waals surface area (Å²) in [7, 11) is 0. The van der Waals surface area contributed by atoms with E-state index < -0.39 is 0 Å². The van der Waals surface area contributed by atoms with Crippen LogP contribution in [0, 0.1) is 0 Å². The molecule has 0 aliphatic carbocycles. The molecule has 1 heterocycles. The van der Waals surface area contributed by atoms with Crippen LogP contribution in [0.1, 0.15) is 42.4 Å². The van der Waals surface area contributed by atoms with Crippen LogP contribution in [-0.2, 0) is 4.74 Å². The maximum absolute atomic E-state index is 11.6. The van der Waals surface area contributed by atoms with Crippen LogP contribution in [0.2, 0.25) is 0 Å². The lowest BCUT2D eigenvalue weighted by molar-refractivity contribution is 0.0520. The Balaban J connectivity index is 2.07. The minimum absolute atomic E-state index is 0.192. The lowest BCUT2D eigenvalue weighted by Crippen LogP contribution is -2.10. The fraction of sp³-hybridized carbons (Fsp3) is 0.333. The quantitative estimate of drug-likeness (QED) is 0.820. The SMILES string of the molecule is CCOC(=O)c1csc(NC(CC)c2ccccc2)n1. The van der Waals surface area contributed by atoms with E-state index in [1.165, 1.54) is 16.9 Å². The average molecular weight is 290 g/mol. The number of aromatic nitrogens is 1. The van der Waals surface area contributed by atoms with Crippen LogP contribution in [0.3, 0.4) is 0 Å². The van der Waals surface area contributed by atoms with Crippen molar-refractivity contribution in [1.29, 1.82) is 0 Å². The first-order valence-electron chi connectivity index (χ1n) is 6.68. The summed E-state index contributed by atoms with van der Waals surface area (Å²) in [6.45, 7) is 4.26. The molecule has 1 aromatic carbocycles. The molecule has 0 saturated carbocycles. The van der Waals surface area contributed by atoms with Crippen molar-refractivity contribution in [1.82, 2.24) is 4.98 Å². The van der Waals surface area contributed by atoms with Crippen LogP contribution in [-0.4, -0.2) is 17.6 Å². The zero-order chi connectivity index (χ0) is 14.4. The van der Waals surface area contributed by atoms with Gasteiger partial charge in [0, 0.05) is 5.38 Å². The number of rotatable bonds is 6. The van der Waals surface area contributed by atoms with Gasteiger partial charge < -0.3 is 10.1 Å². The summed E-state index contributed by atoms with van der Waals surface area (Å²) in [4.78, 5) is 15.9. The molecule has 0 radical (unpaired) electrons. The Labute approximate surface area is 122 Å². The average Bonchev–Trinajstić information content (AvgIpc) is 2.94. The summed E-state index contributed by atoms with van der Waals surface area (Å²) in [5.74, 6) is -0.371. The lowest BCUT2D eigenvalue weighted by Gasteiger charge is -2.16. The number of ether oxygens (including phenoxy) is 1. The second kappa shape index (κ2) is 7.05. The van der Waals surface area contributed by atoms with E-state index in [-0.39, 0.29) is 12.0 Å². The van der Waals surface area contributed by atoms with Crippen molar-refractivity contribution >= 4 is 22.4 Å². The largest absolute Gasteiger partial charge is 0.461 e. The summed E-state index contributed by atoms with van der Waals surface area (Å²) < 4.78 is 4.93. The van der Waals surface area contributed by atoms with Crippen molar-refractivity contribution in [3.05, 3.63) is 47.0 Å². The molecule has 0 aliphatic rings. The van der Waals surface area contributed by atoms with Crippen LogP contribution in [0.25, 0.3) is 0 Å². The number of hydrogen-bond acceptors (Lipinski definition) is 5. The summed E-state index contributed by atoms with van der Waals surface area (Å²) in [5, 5.41) is 5.82. The minimum atomic E-state index is -0.371. The Morgan fingerprint density at radius 2 is 2.10 bits per heavy atom. The van der Waals surface area contributed by atoms with Crippen LogP contribution >= 0.6 is 11.3 Å². The highest BCUT2D eigenvalue weighted by atomic mass is 32.1. The first-order valence-corrected chi connectivity index (χ1v) is 7.56. The number of anilines is 1. The van der Waals surface area contributed by atoms with E-state index in [0.717, 1.165) is 11.6 Å². The molecular weight excluding hydrogens is 272 g/mol. The van der Waals surface area contributed by atoms with E-state index >= 15 is 0 Å². The molecule has 20 heavy (non-hydrogen) atoms. The van der Waals surface area contributed by atoms with Gasteiger partial charge in [0.05, 0.1) is 12.6 Å². The summed E-state index contributed by atoms with van der Waals surface area (Å²) >= 11 is 1.42. The fourth-order valence-corrected chi connectivity index (χ4v) is 2.63. The van der Waals surface area contributed by atoms with Crippen LogP contribution in [0.4, 0.5) is 5.13 Å². The normalized spacial score (nSPS) is 11.9. The number of nitrogens with one attached hydrogen (secondary N) is 1. The standard InChI is InChI=1S/C15H18N2O2S/c1-3-12(11-8-6-5-7-9-11)16-15-17-13(10-20-15)14(18)19-4-2/h5-10,12H,3-4H2,1-2H3,(H,16,17). The molecule has 5 heteroatoms. The number of carbonyl (C=O) groups excluding carboxylic acids is 1. The van der Waals surface area contributed by atoms with Crippen molar-refractivity contribution in [2.45, 2.75) is 26.3 Å². The van der Waals surface area contributed by atoms with E-state index in [2.05, 4.69) is 29.4 Å². The van der Waals surface area contributed by atoms with E-state index in [1.807, 2.05) is 18.2 Å². The Hall–Kier alpha value is -1.88. The van der Waals surface area contributed by atoms with Gasteiger partial charge in [-0.25, -0.2) is 9.78 Å². The molecule has 0 spiro atoms. The molecule has 1 aromatic heterocycles. The Morgan fingerprint density at radius 1 is 1.35 bits per heavy atom. The number of hydrogen-bond donors (Lipinski definition) is 1. The molecular formula is C15H18N2O2S. The molecule has 1 N–H and O–H groups in total. The van der Waals surface area contributed by atoms with Crippen LogP contribution < -0.4 is 5.32 Å². The van der Waals surface area contributed by atoms with Crippen molar-refractivity contribution in [2.24, 2.45) is 0 Å². The van der Waals surface area contributed by atoms with Crippen LogP contribution in [0.5, 0.6) is 0 Å². The molecule has 2 aromatic rings. The monoisotopic (exact) mass is 290 g/mol. The fourth-order valence-electron chi connectivity index (χ4n) is 1.89. The van der Waals surface area contributed by atoms with Gasteiger partial charge in [-0.15, -0.1) is 11.3 Å². The molecule has 2 rings (SSSR count). The minimum Gasteiger partial charge on any atom is -0.461 e. The highest BCUT2D eigenvalue weighted by molar-refractivity contribution is 7.13. The Bertz CT molecular complexity index is 554. The van der Waals surface area contributed by atoms with E-state index in [4.69, 9.17) is 4.74 Å². The first-order chi connectivity index (χ1) is 9.74. The highest BCUT2D eigenvalue weighted by Crippen LogP contribution is 2.25. The van der Waals surface area contributed by atoms with Gasteiger partial charge in [-0.1, -0.05) is 37.3 Å². The van der Waals surface area contributed by atoms with Gasteiger partial charge in [-0.3, -0.25) is 0 Å². The number of esters is 1. The summed E-state index contributed by atoms with van der Waals surface area (Å²) in [6, 6.07) is 10.4. The van der Waals surface area contributed by atoms with Gasteiger partial charge in [0.1, 0.15) is 0 Å². The van der Waals surface area contributed by atoms with Crippen molar-refractivity contribution in [3.63, 3.8) is 0 Å². The zero-order valence-electron chi connectivity index (χ0n) is 11.6. The van der Waals surface area contributed by atoms with E-state index in [0.29, 0.717) is 12.3 Å². The molecule has 0 bridgehead atoms. The van der Waals surface area contributed by atoms with Gasteiger partial charge in [0.25, 0.3) is 0 Å². The third kappa shape index (κ3) is 3.57. The molecule has 0 fully saturated rings. The molecule has 4 nitrogen and oxygen atoms in total. The Kier molecular flexibility index (Phi) is 5.12. The number of nitrogens with zero attached hydrogens (tertiary/aromatic N) is 1. The number of benzene rings is 1. The summed E-state index contributed by atoms with van der Waals surface area (Å²) in [5.41, 5.74) is 1.57. The molecule has 106 valence electrons. The van der Waals surface area contributed by atoms with Gasteiger partial charge in [-0.2, -0.15) is 0 Å². The number of thiazole rings is 1. The third-order valence-corrected chi connectivity index (χ3v) is 3.67. The molecule has 0 saturated heterocycles. The molecule has 0 aliphatic heterocycles. The second-order valence-corrected chi connectivity index (χ2v) is 5.13.